The van der Waals surface area contributed by atoms with E-state index in [1.165, 1.54) is 13.3 Å². The maximum absolute atomic E-state index is 11.6. The van der Waals surface area contributed by atoms with Crippen molar-refractivity contribution in [3.63, 3.8) is 0 Å². The predicted octanol–water partition coefficient (Wildman–Crippen LogP) is 1.95. The van der Waals surface area contributed by atoms with E-state index < -0.39 is 11.9 Å². The van der Waals surface area contributed by atoms with Gasteiger partial charge in [0.1, 0.15) is 0 Å². The molecule has 0 saturated carbocycles. The number of halogens is 1. The highest BCUT2D eigenvalue weighted by Gasteiger charge is 2.24. The average Bonchev–Trinajstić information content (AvgIpc) is 2.81. The zero-order chi connectivity index (χ0) is 15.2. The SMILES string of the molecule is COC(=O)/C=C1/S/C(=N/N=C\c2ccc(Cl)cc2)NC1=O. The molecule has 1 saturated heterocycles. The number of benzene rings is 1. The van der Waals surface area contributed by atoms with Gasteiger partial charge in [-0.3, -0.25) is 10.1 Å². The van der Waals surface area contributed by atoms with Crippen molar-refractivity contribution in [1.82, 2.24) is 5.32 Å². The fraction of sp³-hybridized carbons (Fsp3) is 0.0769. The molecule has 8 heteroatoms. The van der Waals surface area contributed by atoms with E-state index >= 15 is 0 Å². The van der Waals surface area contributed by atoms with E-state index in [1.807, 2.05) is 0 Å². The van der Waals surface area contributed by atoms with Gasteiger partial charge in [-0.1, -0.05) is 23.7 Å². The van der Waals surface area contributed by atoms with E-state index in [0.29, 0.717) is 10.2 Å². The molecule has 0 atom stereocenters. The van der Waals surface area contributed by atoms with Gasteiger partial charge in [-0.05, 0) is 29.5 Å². The Morgan fingerprint density at radius 3 is 2.76 bits per heavy atom. The van der Waals surface area contributed by atoms with Gasteiger partial charge in [0.15, 0.2) is 5.17 Å². The lowest BCUT2D eigenvalue weighted by molar-refractivity contribution is -0.135. The Kier molecular flexibility index (Phi) is 5.13. The number of carbonyl (C=O) groups excluding carboxylic acids is 2. The van der Waals surface area contributed by atoms with Crippen LogP contribution in [0.5, 0.6) is 0 Å². The molecule has 21 heavy (non-hydrogen) atoms. The van der Waals surface area contributed by atoms with Crippen molar-refractivity contribution in [2.45, 2.75) is 0 Å². The van der Waals surface area contributed by atoms with Gasteiger partial charge in [0.2, 0.25) is 0 Å². The van der Waals surface area contributed by atoms with Crippen molar-refractivity contribution in [3.8, 4) is 0 Å². The number of thioether (sulfide) groups is 1. The summed E-state index contributed by atoms with van der Waals surface area (Å²) in [6.45, 7) is 0. The Hall–Kier alpha value is -2.12. The molecule has 0 aromatic heterocycles. The summed E-state index contributed by atoms with van der Waals surface area (Å²) in [4.78, 5) is 22.8. The van der Waals surface area contributed by atoms with Gasteiger partial charge in [-0.25, -0.2) is 4.79 Å². The maximum Gasteiger partial charge on any atom is 0.331 e. The normalized spacial score (nSPS) is 18.5. The molecule has 0 aliphatic carbocycles. The first-order valence-electron chi connectivity index (χ1n) is 5.74. The van der Waals surface area contributed by atoms with Crippen LogP contribution in [-0.4, -0.2) is 30.4 Å². The highest BCUT2D eigenvalue weighted by molar-refractivity contribution is 8.18. The van der Waals surface area contributed by atoms with Crippen molar-refractivity contribution in [1.29, 1.82) is 0 Å². The largest absolute Gasteiger partial charge is 0.466 e. The summed E-state index contributed by atoms with van der Waals surface area (Å²) in [6, 6.07) is 7.04. The van der Waals surface area contributed by atoms with E-state index in [-0.39, 0.29) is 4.91 Å². The quantitative estimate of drug-likeness (QED) is 0.399. The van der Waals surface area contributed by atoms with Crippen LogP contribution >= 0.6 is 23.4 Å². The highest BCUT2D eigenvalue weighted by atomic mass is 35.5. The topological polar surface area (TPSA) is 80.1 Å². The van der Waals surface area contributed by atoms with Crippen LogP contribution in [0.25, 0.3) is 0 Å². The molecule has 0 unspecified atom stereocenters. The number of amidine groups is 1. The number of esters is 1. The molecule has 1 heterocycles. The van der Waals surface area contributed by atoms with Crippen LogP contribution in [0.4, 0.5) is 0 Å². The third-order valence-electron chi connectivity index (χ3n) is 2.33. The molecule has 1 aliphatic rings. The lowest BCUT2D eigenvalue weighted by Gasteiger charge is -1.92. The second kappa shape index (κ2) is 7.05. The number of methoxy groups -OCH3 is 1. The maximum atomic E-state index is 11.6. The minimum absolute atomic E-state index is 0.210. The van der Waals surface area contributed by atoms with Crippen LogP contribution in [0, 0.1) is 0 Å². The van der Waals surface area contributed by atoms with Crippen LogP contribution in [0.1, 0.15) is 5.56 Å². The molecule has 108 valence electrons. The van der Waals surface area contributed by atoms with Crippen LogP contribution in [0.3, 0.4) is 0 Å². The first kappa shape index (κ1) is 15.3. The summed E-state index contributed by atoms with van der Waals surface area (Å²) >= 11 is 6.78. The van der Waals surface area contributed by atoms with Crippen molar-refractivity contribution >= 4 is 46.6 Å². The van der Waals surface area contributed by atoms with Crippen LogP contribution in [0.15, 0.2) is 45.4 Å². The molecule has 1 amide bonds. The monoisotopic (exact) mass is 323 g/mol. The number of amides is 1. The van der Waals surface area contributed by atoms with E-state index in [0.717, 1.165) is 23.4 Å². The lowest BCUT2D eigenvalue weighted by atomic mass is 10.2. The number of hydrogen-bond donors (Lipinski definition) is 1. The van der Waals surface area contributed by atoms with E-state index in [9.17, 15) is 9.59 Å². The Labute approximate surface area is 129 Å². The summed E-state index contributed by atoms with van der Waals surface area (Å²) in [5.74, 6) is -1.01. The standard InChI is InChI=1S/C13H10ClN3O3S/c1-20-11(18)6-10-12(19)16-13(21-10)17-15-7-8-2-4-9(14)5-3-8/h2-7H,1H3,(H,16,17,19)/b10-6+,15-7-. The third-order valence-corrected chi connectivity index (χ3v) is 3.48. The van der Waals surface area contributed by atoms with Crippen molar-refractivity contribution in [2.24, 2.45) is 10.2 Å². The Balaban J connectivity index is 2.03. The second-order valence-electron chi connectivity index (χ2n) is 3.79. The average molecular weight is 324 g/mol. The van der Waals surface area contributed by atoms with Gasteiger partial charge in [0, 0.05) is 11.1 Å². The number of rotatable bonds is 3. The van der Waals surface area contributed by atoms with E-state index in [1.54, 1.807) is 24.3 Å². The summed E-state index contributed by atoms with van der Waals surface area (Å²) in [5.41, 5.74) is 0.823. The molecule has 1 N–H and O–H groups in total. The minimum Gasteiger partial charge on any atom is -0.466 e. The molecule has 6 nitrogen and oxygen atoms in total. The smallest absolute Gasteiger partial charge is 0.331 e. The first-order valence-corrected chi connectivity index (χ1v) is 6.93. The molecule has 2 rings (SSSR count). The Morgan fingerprint density at radius 2 is 2.10 bits per heavy atom. The van der Waals surface area contributed by atoms with Gasteiger partial charge in [-0.2, -0.15) is 5.10 Å². The zero-order valence-electron chi connectivity index (χ0n) is 10.9. The molecule has 1 aliphatic heterocycles. The number of ether oxygens (including phenoxy) is 1. The van der Waals surface area contributed by atoms with Gasteiger partial charge in [0.25, 0.3) is 5.91 Å². The van der Waals surface area contributed by atoms with Gasteiger partial charge in [-0.15, -0.1) is 5.10 Å². The van der Waals surface area contributed by atoms with E-state index in [2.05, 4.69) is 20.3 Å². The first-order chi connectivity index (χ1) is 10.1. The Morgan fingerprint density at radius 1 is 1.38 bits per heavy atom. The second-order valence-corrected chi connectivity index (χ2v) is 5.26. The molecular formula is C13H10ClN3O3S. The van der Waals surface area contributed by atoms with Gasteiger partial charge in [0.05, 0.1) is 18.2 Å². The summed E-state index contributed by atoms with van der Waals surface area (Å²) in [7, 11) is 1.24. The lowest BCUT2D eigenvalue weighted by Crippen LogP contribution is -2.19. The van der Waals surface area contributed by atoms with Crippen molar-refractivity contribution in [3.05, 3.63) is 45.8 Å². The van der Waals surface area contributed by atoms with Crippen molar-refractivity contribution in [2.75, 3.05) is 7.11 Å². The third kappa shape index (κ3) is 4.44. The fourth-order valence-corrected chi connectivity index (χ4v) is 2.20. The zero-order valence-corrected chi connectivity index (χ0v) is 12.4. The summed E-state index contributed by atoms with van der Waals surface area (Å²) in [6.07, 6.45) is 2.63. The Bertz CT molecular complexity index is 653. The molecule has 0 radical (unpaired) electrons. The van der Waals surface area contributed by atoms with Crippen LogP contribution in [0.2, 0.25) is 5.02 Å². The van der Waals surface area contributed by atoms with Gasteiger partial charge < -0.3 is 4.74 Å². The van der Waals surface area contributed by atoms with E-state index in [4.69, 9.17) is 11.6 Å². The van der Waals surface area contributed by atoms with Crippen LogP contribution < -0.4 is 5.32 Å². The fourth-order valence-electron chi connectivity index (χ4n) is 1.34. The van der Waals surface area contributed by atoms with Gasteiger partial charge >= 0.3 is 5.97 Å². The number of carbonyl (C=O) groups is 2. The molecule has 1 fully saturated rings. The molecular weight excluding hydrogens is 314 g/mol. The van der Waals surface area contributed by atoms with Crippen molar-refractivity contribution < 1.29 is 14.3 Å². The predicted molar refractivity (Wildman–Crippen MR) is 82.3 cm³/mol. The van der Waals surface area contributed by atoms with Crippen LogP contribution in [-0.2, 0) is 14.3 Å². The number of nitrogens with zero attached hydrogens (tertiary/aromatic N) is 2. The molecule has 0 spiro atoms. The minimum atomic E-state index is -0.599. The summed E-state index contributed by atoms with van der Waals surface area (Å²) < 4.78 is 4.46. The highest BCUT2D eigenvalue weighted by Crippen LogP contribution is 2.23. The molecule has 0 bridgehead atoms. The number of nitrogens with one attached hydrogen (secondary N) is 1. The molecule has 1 aromatic rings. The number of hydrogen-bond acceptors (Lipinski definition) is 6. The summed E-state index contributed by atoms with van der Waals surface area (Å²) in [5, 5.41) is 11.1. The molecule has 1 aromatic carbocycles.